The second-order valence-corrected chi connectivity index (χ2v) is 6.57. The van der Waals surface area contributed by atoms with Crippen molar-refractivity contribution in [1.82, 2.24) is 5.43 Å². The molecule has 0 aliphatic carbocycles. The van der Waals surface area contributed by atoms with E-state index in [1.807, 2.05) is 6.92 Å². The van der Waals surface area contributed by atoms with E-state index in [2.05, 4.69) is 10.5 Å². The summed E-state index contributed by atoms with van der Waals surface area (Å²) in [6, 6.07) is 9.89. The first-order valence-corrected chi connectivity index (χ1v) is 9.51. The maximum Gasteiger partial charge on any atom is 0.341 e. The Balaban J connectivity index is 1.71. The lowest BCUT2D eigenvalue weighted by atomic mass is 10.2. The number of methoxy groups -OCH3 is 1. The van der Waals surface area contributed by atoms with Crippen LogP contribution in [-0.2, 0) is 4.79 Å². The second-order valence-electron chi connectivity index (χ2n) is 6.16. The molecule has 0 radical (unpaired) electrons. The van der Waals surface area contributed by atoms with Crippen LogP contribution >= 0.6 is 11.6 Å². The number of nitrogens with zero attached hydrogens (tertiary/aromatic N) is 1. The van der Waals surface area contributed by atoms with Crippen molar-refractivity contribution in [1.29, 1.82) is 0 Å². The summed E-state index contributed by atoms with van der Waals surface area (Å²) < 4.78 is 21.3. The highest BCUT2D eigenvalue weighted by molar-refractivity contribution is 6.32. The fraction of sp³-hybridized carbons (Fsp3) is 0.190. The highest BCUT2D eigenvalue weighted by Crippen LogP contribution is 2.36. The van der Waals surface area contributed by atoms with Crippen LogP contribution in [0, 0.1) is 0 Å². The van der Waals surface area contributed by atoms with Gasteiger partial charge in [0.05, 0.1) is 25.0 Å². The number of rotatable bonds is 9. The fourth-order valence-corrected chi connectivity index (χ4v) is 2.97. The third-order valence-corrected chi connectivity index (χ3v) is 4.27. The van der Waals surface area contributed by atoms with E-state index in [1.165, 1.54) is 25.5 Å². The molecule has 3 rings (SSSR count). The van der Waals surface area contributed by atoms with Crippen LogP contribution in [0.3, 0.4) is 0 Å². The van der Waals surface area contributed by atoms with Crippen LogP contribution in [-0.4, -0.2) is 43.5 Å². The van der Waals surface area contributed by atoms with E-state index in [4.69, 9.17) is 35.3 Å². The van der Waals surface area contributed by atoms with E-state index in [-0.39, 0.29) is 22.3 Å². The lowest BCUT2D eigenvalue weighted by Gasteiger charge is -2.11. The van der Waals surface area contributed by atoms with Crippen molar-refractivity contribution in [2.75, 3.05) is 20.3 Å². The smallest absolute Gasteiger partial charge is 0.341 e. The summed E-state index contributed by atoms with van der Waals surface area (Å²) in [6.07, 6.45) is 1.35. The molecular formula is C21H19ClN2O7. The molecule has 0 aliphatic heterocycles. The van der Waals surface area contributed by atoms with Gasteiger partial charge in [-0.25, -0.2) is 10.2 Å². The van der Waals surface area contributed by atoms with Crippen molar-refractivity contribution in [2.24, 2.45) is 5.10 Å². The molecule has 162 valence electrons. The Bertz CT molecular complexity index is 1140. The normalized spacial score (nSPS) is 10.9. The van der Waals surface area contributed by atoms with Crippen LogP contribution in [0.1, 0.15) is 23.0 Å². The third kappa shape index (κ3) is 5.46. The van der Waals surface area contributed by atoms with Gasteiger partial charge in [0.25, 0.3) is 0 Å². The van der Waals surface area contributed by atoms with E-state index in [9.17, 15) is 9.59 Å². The summed E-state index contributed by atoms with van der Waals surface area (Å²) in [4.78, 5) is 23.0. The molecule has 1 aromatic heterocycles. The number of carbonyl (C=O) groups is 2. The maximum atomic E-state index is 12.3. The molecule has 9 nitrogen and oxygen atoms in total. The zero-order valence-electron chi connectivity index (χ0n) is 16.7. The number of hydrogen-bond donors (Lipinski definition) is 2. The molecule has 0 aliphatic rings. The highest BCUT2D eigenvalue weighted by atomic mass is 35.5. The van der Waals surface area contributed by atoms with Gasteiger partial charge >= 0.3 is 11.9 Å². The number of ether oxygens (including phenoxy) is 3. The predicted molar refractivity (Wildman–Crippen MR) is 114 cm³/mol. The summed E-state index contributed by atoms with van der Waals surface area (Å²) in [6.45, 7) is 1.85. The van der Waals surface area contributed by atoms with E-state index < -0.39 is 18.5 Å². The van der Waals surface area contributed by atoms with Gasteiger partial charge in [-0.3, -0.25) is 4.79 Å². The number of fused-ring (bicyclic) bond motifs is 1. The molecular weight excluding hydrogens is 428 g/mol. The van der Waals surface area contributed by atoms with Crippen LogP contribution in [0.2, 0.25) is 5.02 Å². The van der Waals surface area contributed by atoms with Gasteiger partial charge in [-0.05, 0) is 48.9 Å². The van der Waals surface area contributed by atoms with Crippen molar-refractivity contribution < 1.29 is 33.3 Å². The number of nitrogens with one attached hydrogen (secondary N) is 1. The zero-order chi connectivity index (χ0) is 22.4. The van der Waals surface area contributed by atoms with Gasteiger partial charge in [0.2, 0.25) is 0 Å². The summed E-state index contributed by atoms with van der Waals surface area (Å²) in [5.74, 6) is -0.586. The Morgan fingerprint density at radius 1 is 1.23 bits per heavy atom. The minimum absolute atomic E-state index is 0.0915. The van der Waals surface area contributed by atoms with Crippen molar-refractivity contribution in [3.05, 3.63) is 52.7 Å². The monoisotopic (exact) mass is 446 g/mol. The SMILES string of the molecule is CCOc1ccc2oc(C(=O)N/N=C/c3cc(Cl)c(OCC(=O)O)c(OC)c3)cc2c1. The molecule has 2 N–H and O–H groups in total. The van der Waals surface area contributed by atoms with Crippen molar-refractivity contribution in [3.8, 4) is 17.2 Å². The molecule has 2 aromatic carbocycles. The number of furan rings is 1. The minimum Gasteiger partial charge on any atom is -0.494 e. The molecule has 0 spiro atoms. The van der Waals surface area contributed by atoms with Gasteiger partial charge in [-0.1, -0.05) is 11.6 Å². The number of aliphatic carboxylic acids is 1. The Hall–Kier alpha value is -3.72. The fourth-order valence-electron chi connectivity index (χ4n) is 2.70. The average molecular weight is 447 g/mol. The van der Waals surface area contributed by atoms with E-state index >= 15 is 0 Å². The molecule has 3 aromatic rings. The minimum atomic E-state index is -1.15. The first kappa shape index (κ1) is 22.0. The van der Waals surface area contributed by atoms with Gasteiger partial charge < -0.3 is 23.7 Å². The largest absolute Gasteiger partial charge is 0.494 e. The lowest BCUT2D eigenvalue weighted by Crippen LogP contribution is -2.16. The standard InChI is InChI=1S/C21H19ClN2O7/c1-3-29-14-4-5-16-13(8-14)9-18(31-16)21(27)24-23-10-12-6-15(22)20(17(7-12)28-2)30-11-19(25)26/h4-10H,3,11H2,1-2H3,(H,24,27)(H,25,26)/b23-10+. The van der Waals surface area contributed by atoms with Crippen LogP contribution in [0.25, 0.3) is 11.0 Å². The third-order valence-electron chi connectivity index (χ3n) is 3.99. The number of carboxylic acid groups (broad SMARTS) is 1. The Kier molecular flexibility index (Phi) is 6.99. The zero-order valence-corrected chi connectivity index (χ0v) is 17.4. The Morgan fingerprint density at radius 3 is 2.74 bits per heavy atom. The first-order chi connectivity index (χ1) is 14.9. The topological polar surface area (TPSA) is 120 Å². The van der Waals surface area contributed by atoms with Crippen LogP contribution in [0.4, 0.5) is 0 Å². The number of carbonyl (C=O) groups excluding carboxylic acids is 1. The molecule has 0 saturated heterocycles. The van der Waals surface area contributed by atoms with Crippen LogP contribution in [0.5, 0.6) is 17.2 Å². The number of amides is 1. The highest BCUT2D eigenvalue weighted by Gasteiger charge is 2.14. The van der Waals surface area contributed by atoms with Crippen molar-refractivity contribution >= 4 is 40.7 Å². The summed E-state index contributed by atoms with van der Waals surface area (Å²) in [5.41, 5.74) is 3.42. The molecule has 0 bridgehead atoms. The summed E-state index contributed by atoms with van der Waals surface area (Å²) >= 11 is 6.14. The number of hydrogen-bond acceptors (Lipinski definition) is 7. The molecule has 31 heavy (non-hydrogen) atoms. The van der Waals surface area contributed by atoms with E-state index in [1.54, 1.807) is 24.3 Å². The van der Waals surface area contributed by atoms with Gasteiger partial charge in [0, 0.05) is 5.39 Å². The molecule has 1 amide bonds. The number of halogens is 1. The van der Waals surface area contributed by atoms with E-state index in [0.717, 1.165) is 5.39 Å². The maximum absolute atomic E-state index is 12.3. The van der Waals surface area contributed by atoms with E-state index in [0.29, 0.717) is 23.5 Å². The Labute approximate surface area is 182 Å². The summed E-state index contributed by atoms with van der Waals surface area (Å²) in [5, 5.41) is 13.5. The summed E-state index contributed by atoms with van der Waals surface area (Å²) in [7, 11) is 1.39. The number of hydrazone groups is 1. The van der Waals surface area contributed by atoms with Gasteiger partial charge in [0.15, 0.2) is 23.9 Å². The van der Waals surface area contributed by atoms with Gasteiger partial charge in [-0.2, -0.15) is 5.10 Å². The molecule has 0 atom stereocenters. The quantitative estimate of drug-likeness (QED) is 0.379. The number of carboxylic acids is 1. The van der Waals surface area contributed by atoms with Crippen LogP contribution in [0.15, 0.2) is 45.9 Å². The lowest BCUT2D eigenvalue weighted by molar-refractivity contribution is -0.139. The molecule has 0 unspecified atom stereocenters. The van der Waals surface area contributed by atoms with Gasteiger partial charge in [-0.15, -0.1) is 0 Å². The first-order valence-electron chi connectivity index (χ1n) is 9.13. The average Bonchev–Trinajstić information content (AvgIpc) is 3.16. The Morgan fingerprint density at radius 2 is 2.03 bits per heavy atom. The number of benzene rings is 2. The molecule has 0 saturated carbocycles. The predicted octanol–water partition coefficient (Wildman–Crippen LogP) is 3.72. The molecule has 0 fully saturated rings. The van der Waals surface area contributed by atoms with Crippen LogP contribution < -0.4 is 19.6 Å². The van der Waals surface area contributed by atoms with Gasteiger partial charge in [0.1, 0.15) is 11.3 Å². The molecule has 1 heterocycles. The second kappa shape index (κ2) is 9.86. The molecule has 10 heteroatoms. The van der Waals surface area contributed by atoms with Crippen molar-refractivity contribution in [3.63, 3.8) is 0 Å². The van der Waals surface area contributed by atoms with Crippen molar-refractivity contribution in [2.45, 2.75) is 6.92 Å².